The van der Waals surface area contributed by atoms with Crippen molar-refractivity contribution in [2.45, 2.75) is 44.6 Å². The highest BCUT2D eigenvalue weighted by molar-refractivity contribution is 6.30. The number of hydrogen-bond donors (Lipinski definition) is 1. The third-order valence-corrected chi connectivity index (χ3v) is 4.44. The Balaban J connectivity index is 0.00000176. The van der Waals surface area contributed by atoms with Gasteiger partial charge in [-0.05, 0) is 36.5 Å². The van der Waals surface area contributed by atoms with Crippen LogP contribution >= 0.6 is 24.0 Å². The van der Waals surface area contributed by atoms with Crippen LogP contribution in [0.1, 0.15) is 43.0 Å². The van der Waals surface area contributed by atoms with Crippen molar-refractivity contribution in [3.63, 3.8) is 0 Å². The molecule has 1 aromatic carbocycles. The molecule has 1 aromatic heterocycles. The van der Waals surface area contributed by atoms with Gasteiger partial charge in [-0.25, -0.2) is 0 Å². The minimum atomic E-state index is 0. The summed E-state index contributed by atoms with van der Waals surface area (Å²) in [7, 11) is 0. The Hall–Kier alpha value is -1.10. The normalized spacial score (nSPS) is 21.4. The molecule has 22 heavy (non-hydrogen) atoms. The predicted octanol–water partition coefficient (Wildman–Crippen LogP) is 3.80. The van der Waals surface area contributed by atoms with Gasteiger partial charge in [0.15, 0.2) is 5.82 Å². The highest BCUT2D eigenvalue weighted by Gasteiger charge is 2.24. The van der Waals surface area contributed by atoms with Crippen molar-refractivity contribution >= 4 is 24.0 Å². The molecule has 2 aromatic rings. The zero-order valence-corrected chi connectivity index (χ0v) is 13.9. The molecule has 6 heteroatoms. The molecule has 2 atom stereocenters. The molecule has 3 rings (SSSR count). The fraction of sp³-hybridized carbons (Fsp3) is 0.500. The fourth-order valence-electron chi connectivity index (χ4n) is 2.94. The summed E-state index contributed by atoms with van der Waals surface area (Å²) in [4.78, 5) is 4.49. The molecule has 1 aliphatic rings. The van der Waals surface area contributed by atoms with E-state index in [-0.39, 0.29) is 18.4 Å². The summed E-state index contributed by atoms with van der Waals surface area (Å²) in [5.74, 6) is 1.90. The number of aromatic nitrogens is 2. The maximum absolute atomic E-state index is 6.17. The van der Waals surface area contributed by atoms with Gasteiger partial charge in [0.1, 0.15) is 0 Å². The molecule has 4 nitrogen and oxygen atoms in total. The third-order valence-electron chi connectivity index (χ3n) is 4.19. The van der Waals surface area contributed by atoms with Crippen LogP contribution in [0.4, 0.5) is 0 Å². The summed E-state index contributed by atoms with van der Waals surface area (Å²) in [5, 5.41) is 4.80. The summed E-state index contributed by atoms with van der Waals surface area (Å²) >= 11 is 5.88. The molecule has 0 bridgehead atoms. The van der Waals surface area contributed by atoms with Gasteiger partial charge in [-0.3, -0.25) is 0 Å². The van der Waals surface area contributed by atoms with E-state index in [9.17, 15) is 0 Å². The van der Waals surface area contributed by atoms with Gasteiger partial charge in [0.2, 0.25) is 5.89 Å². The minimum absolute atomic E-state index is 0. The lowest BCUT2D eigenvalue weighted by molar-refractivity contribution is 0.273. The summed E-state index contributed by atoms with van der Waals surface area (Å²) in [6.45, 7) is 0. The largest absolute Gasteiger partial charge is 0.339 e. The Morgan fingerprint density at radius 1 is 1.18 bits per heavy atom. The Bertz CT molecular complexity index is 585. The zero-order chi connectivity index (χ0) is 14.7. The lowest BCUT2D eigenvalue weighted by atomic mass is 9.83. The van der Waals surface area contributed by atoms with Gasteiger partial charge in [0, 0.05) is 23.9 Å². The zero-order valence-electron chi connectivity index (χ0n) is 12.4. The Morgan fingerprint density at radius 2 is 1.91 bits per heavy atom. The molecule has 1 aliphatic carbocycles. The summed E-state index contributed by atoms with van der Waals surface area (Å²) < 4.78 is 5.37. The first-order chi connectivity index (χ1) is 10.2. The molecule has 0 saturated heterocycles. The van der Waals surface area contributed by atoms with Gasteiger partial charge in [-0.2, -0.15) is 4.98 Å². The van der Waals surface area contributed by atoms with Gasteiger partial charge in [-0.15, -0.1) is 12.4 Å². The fourth-order valence-corrected chi connectivity index (χ4v) is 3.07. The van der Waals surface area contributed by atoms with Crippen LogP contribution in [0.3, 0.4) is 0 Å². The Kier molecular flexibility index (Phi) is 6.24. The van der Waals surface area contributed by atoms with E-state index in [1.807, 2.05) is 24.3 Å². The first kappa shape index (κ1) is 17.3. The second-order valence-corrected chi connectivity index (χ2v) is 6.26. The van der Waals surface area contributed by atoms with Gasteiger partial charge < -0.3 is 10.3 Å². The van der Waals surface area contributed by atoms with E-state index >= 15 is 0 Å². The molecule has 2 N–H and O–H groups in total. The van der Waals surface area contributed by atoms with Crippen LogP contribution in [0.15, 0.2) is 28.8 Å². The number of benzene rings is 1. The minimum Gasteiger partial charge on any atom is -0.339 e. The van der Waals surface area contributed by atoms with Crippen LogP contribution < -0.4 is 5.73 Å². The molecule has 2 unspecified atom stereocenters. The van der Waals surface area contributed by atoms with Gasteiger partial charge in [0.25, 0.3) is 0 Å². The Morgan fingerprint density at radius 3 is 2.64 bits per heavy atom. The van der Waals surface area contributed by atoms with E-state index in [2.05, 4.69) is 10.1 Å². The van der Waals surface area contributed by atoms with E-state index in [0.717, 1.165) is 35.7 Å². The van der Waals surface area contributed by atoms with Crippen LogP contribution in [0.25, 0.3) is 0 Å². The molecule has 1 heterocycles. The number of rotatable bonds is 4. The van der Waals surface area contributed by atoms with E-state index in [0.29, 0.717) is 18.2 Å². The standard InChI is InChI=1S/C16H20ClN3O.ClH/c17-13-7-5-11(6-8-13)9-15-19-16(21-20-15)10-12-3-1-2-4-14(12)18;/h5-8,12,14H,1-4,9-10,18H2;1H. The summed E-state index contributed by atoms with van der Waals surface area (Å²) in [6.07, 6.45) is 6.23. The number of halogens is 2. The molecule has 0 radical (unpaired) electrons. The highest BCUT2D eigenvalue weighted by Crippen LogP contribution is 2.25. The van der Waals surface area contributed by atoms with Gasteiger partial charge in [-0.1, -0.05) is 41.7 Å². The van der Waals surface area contributed by atoms with E-state index < -0.39 is 0 Å². The summed E-state index contributed by atoms with van der Waals surface area (Å²) in [5.41, 5.74) is 7.30. The predicted molar refractivity (Wildman–Crippen MR) is 89.4 cm³/mol. The average molecular weight is 342 g/mol. The van der Waals surface area contributed by atoms with Crippen LogP contribution in [-0.4, -0.2) is 16.2 Å². The van der Waals surface area contributed by atoms with Crippen LogP contribution in [0.2, 0.25) is 5.02 Å². The van der Waals surface area contributed by atoms with Gasteiger partial charge >= 0.3 is 0 Å². The van der Waals surface area contributed by atoms with E-state index in [4.69, 9.17) is 21.9 Å². The van der Waals surface area contributed by atoms with Crippen LogP contribution in [0, 0.1) is 5.92 Å². The molecule has 120 valence electrons. The van der Waals surface area contributed by atoms with Crippen LogP contribution in [-0.2, 0) is 12.8 Å². The van der Waals surface area contributed by atoms with E-state index in [1.165, 1.54) is 12.8 Å². The number of nitrogens with zero attached hydrogens (tertiary/aromatic N) is 2. The highest BCUT2D eigenvalue weighted by atomic mass is 35.5. The van der Waals surface area contributed by atoms with Crippen molar-refractivity contribution in [1.82, 2.24) is 10.1 Å². The number of nitrogens with two attached hydrogens (primary N) is 1. The van der Waals surface area contributed by atoms with Gasteiger partial charge in [0.05, 0.1) is 0 Å². The first-order valence-electron chi connectivity index (χ1n) is 7.52. The second-order valence-electron chi connectivity index (χ2n) is 5.82. The maximum atomic E-state index is 6.17. The first-order valence-corrected chi connectivity index (χ1v) is 7.90. The molecule has 0 amide bonds. The molecule has 0 aliphatic heterocycles. The van der Waals surface area contributed by atoms with Crippen molar-refractivity contribution < 1.29 is 4.52 Å². The lowest BCUT2D eigenvalue weighted by Gasteiger charge is -2.27. The second kappa shape index (κ2) is 7.95. The topological polar surface area (TPSA) is 64.9 Å². The smallest absolute Gasteiger partial charge is 0.226 e. The molecule has 1 saturated carbocycles. The maximum Gasteiger partial charge on any atom is 0.226 e. The molecule has 0 spiro atoms. The van der Waals surface area contributed by atoms with Crippen LogP contribution in [0.5, 0.6) is 0 Å². The molecular weight excluding hydrogens is 321 g/mol. The monoisotopic (exact) mass is 341 g/mol. The summed E-state index contributed by atoms with van der Waals surface area (Å²) in [6, 6.07) is 7.98. The average Bonchev–Trinajstić information content (AvgIpc) is 2.91. The SMILES string of the molecule is Cl.NC1CCCCC1Cc1nc(Cc2ccc(Cl)cc2)no1. The third kappa shape index (κ3) is 4.45. The van der Waals surface area contributed by atoms with Crippen molar-refractivity contribution in [3.8, 4) is 0 Å². The quantitative estimate of drug-likeness (QED) is 0.918. The molecular formula is C16H21Cl2N3O. The van der Waals surface area contributed by atoms with Crippen molar-refractivity contribution in [3.05, 3.63) is 46.6 Å². The van der Waals surface area contributed by atoms with E-state index in [1.54, 1.807) is 0 Å². The van der Waals surface area contributed by atoms with Crippen molar-refractivity contribution in [2.75, 3.05) is 0 Å². The van der Waals surface area contributed by atoms with Crippen molar-refractivity contribution in [1.29, 1.82) is 0 Å². The number of hydrogen-bond acceptors (Lipinski definition) is 4. The Labute approximate surface area is 141 Å². The molecule has 1 fully saturated rings. The van der Waals surface area contributed by atoms with Crippen molar-refractivity contribution in [2.24, 2.45) is 11.7 Å². The lowest BCUT2D eigenvalue weighted by Crippen LogP contribution is -2.34.